The van der Waals surface area contributed by atoms with Gasteiger partial charge in [-0.1, -0.05) is 6.07 Å². The minimum atomic E-state index is -0.305. The smallest absolute Gasteiger partial charge is 0.217 e. The van der Waals surface area contributed by atoms with Gasteiger partial charge in [0.2, 0.25) is 5.91 Å². The Balaban J connectivity index is 2.09. The molecule has 5 heteroatoms. The Bertz CT molecular complexity index is 572. The second-order valence-electron chi connectivity index (χ2n) is 3.89. The number of pyridine rings is 1. The van der Waals surface area contributed by atoms with Crippen molar-refractivity contribution in [2.24, 2.45) is 5.73 Å². The lowest BCUT2D eigenvalue weighted by Gasteiger charge is -2.09. The van der Waals surface area contributed by atoms with E-state index in [0.29, 0.717) is 19.4 Å². The van der Waals surface area contributed by atoms with Crippen LogP contribution in [0.4, 0.5) is 0 Å². The lowest BCUT2D eigenvalue weighted by molar-refractivity contribution is -0.118. The summed E-state index contributed by atoms with van der Waals surface area (Å²) in [4.78, 5) is 14.7. The molecule has 0 saturated carbocycles. The summed E-state index contributed by atoms with van der Waals surface area (Å²) in [5.74, 6) is 0.445. The fraction of sp³-hybridized carbons (Fsp3) is 0.231. The second-order valence-corrected chi connectivity index (χ2v) is 4.69. The van der Waals surface area contributed by atoms with Gasteiger partial charge in [0.05, 0.1) is 11.1 Å². The van der Waals surface area contributed by atoms with Crippen molar-refractivity contribution in [3.05, 3.63) is 35.1 Å². The zero-order valence-electron chi connectivity index (χ0n) is 9.73. The summed E-state index contributed by atoms with van der Waals surface area (Å²) in [6, 6.07) is 5.82. The minimum absolute atomic E-state index is 0.305. The van der Waals surface area contributed by atoms with E-state index < -0.39 is 0 Å². The summed E-state index contributed by atoms with van der Waals surface area (Å²) in [5, 5.41) is 2.10. The molecule has 1 aromatic heterocycles. The first-order valence-corrected chi connectivity index (χ1v) is 6.41. The van der Waals surface area contributed by atoms with Gasteiger partial charge in [-0.05, 0) is 39.9 Å². The number of ether oxygens (including phenoxy) is 1. The summed E-state index contributed by atoms with van der Waals surface area (Å²) >= 11 is 3.51. The number of nitrogens with two attached hydrogens (primary N) is 1. The number of aromatic nitrogens is 1. The Hall–Kier alpha value is -1.62. The molecule has 0 aliphatic heterocycles. The molecular weight excluding hydrogens is 296 g/mol. The number of hydrogen-bond donors (Lipinski definition) is 1. The standard InChI is InChI=1S/C13H13BrN2O2/c14-13-10-8-16-6-5-9(10)3-4-11(13)18-7-1-2-12(15)17/h3-6,8H,1-2,7H2,(H2,15,17). The molecule has 94 valence electrons. The first kappa shape index (κ1) is 12.8. The normalized spacial score (nSPS) is 10.5. The Morgan fingerprint density at radius 2 is 2.22 bits per heavy atom. The molecule has 18 heavy (non-hydrogen) atoms. The number of fused-ring (bicyclic) bond motifs is 1. The van der Waals surface area contributed by atoms with Crippen molar-refractivity contribution in [1.82, 2.24) is 4.98 Å². The van der Waals surface area contributed by atoms with Crippen LogP contribution >= 0.6 is 15.9 Å². The maximum Gasteiger partial charge on any atom is 0.217 e. The number of nitrogens with zero attached hydrogens (tertiary/aromatic N) is 1. The van der Waals surface area contributed by atoms with E-state index in [1.54, 1.807) is 12.4 Å². The number of hydrogen-bond acceptors (Lipinski definition) is 3. The zero-order valence-corrected chi connectivity index (χ0v) is 11.3. The number of halogens is 1. The van der Waals surface area contributed by atoms with E-state index in [1.165, 1.54) is 0 Å². The summed E-state index contributed by atoms with van der Waals surface area (Å²) in [5.41, 5.74) is 5.06. The topological polar surface area (TPSA) is 65.2 Å². The Kier molecular flexibility index (Phi) is 4.15. The minimum Gasteiger partial charge on any atom is -0.492 e. The number of carbonyl (C=O) groups is 1. The highest BCUT2D eigenvalue weighted by Crippen LogP contribution is 2.32. The lowest BCUT2D eigenvalue weighted by atomic mass is 10.2. The molecule has 2 N–H and O–H groups in total. The maximum atomic E-state index is 10.6. The molecule has 4 nitrogen and oxygen atoms in total. The highest BCUT2D eigenvalue weighted by Gasteiger charge is 2.06. The second kappa shape index (κ2) is 5.82. The molecule has 1 amide bonds. The molecule has 0 aliphatic carbocycles. The molecule has 0 unspecified atom stereocenters. The Labute approximate surface area is 113 Å². The fourth-order valence-corrected chi connectivity index (χ4v) is 2.22. The van der Waals surface area contributed by atoms with Crippen molar-refractivity contribution in [2.45, 2.75) is 12.8 Å². The number of carbonyl (C=O) groups excluding carboxylic acids is 1. The largest absolute Gasteiger partial charge is 0.492 e. The van der Waals surface area contributed by atoms with E-state index >= 15 is 0 Å². The van der Waals surface area contributed by atoms with Crippen LogP contribution in [0.3, 0.4) is 0 Å². The Morgan fingerprint density at radius 1 is 1.39 bits per heavy atom. The van der Waals surface area contributed by atoms with Gasteiger partial charge >= 0.3 is 0 Å². The first-order valence-electron chi connectivity index (χ1n) is 5.62. The first-order chi connectivity index (χ1) is 8.68. The number of benzene rings is 1. The van der Waals surface area contributed by atoms with Crippen molar-refractivity contribution in [3.8, 4) is 5.75 Å². The molecule has 2 rings (SSSR count). The van der Waals surface area contributed by atoms with Crippen molar-refractivity contribution >= 4 is 32.6 Å². The van der Waals surface area contributed by atoms with E-state index in [0.717, 1.165) is 21.0 Å². The zero-order chi connectivity index (χ0) is 13.0. The van der Waals surface area contributed by atoms with E-state index in [-0.39, 0.29) is 5.91 Å². The van der Waals surface area contributed by atoms with Crippen molar-refractivity contribution < 1.29 is 9.53 Å². The molecule has 1 heterocycles. The molecule has 0 fully saturated rings. The van der Waals surface area contributed by atoms with Crippen LogP contribution in [0.15, 0.2) is 35.1 Å². The fourth-order valence-electron chi connectivity index (χ4n) is 1.65. The van der Waals surface area contributed by atoms with Crippen LogP contribution in [0.5, 0.6) is 5.75 Å². The van der Waals surface area contributed by atoms with Crippen molar-refractivity contribution in [2.75, 3.05) is 6.61 Å². The quantitative estimate of drug-likeness (QED) is 0.864. The van der Waals surface area contributed by atoms with Gasteiger partial charge in [-0.3, -0.25) is 9.78 Å². The SMILES string of the molecule is NC(=O)CCCOc1ccc2ccncc2c1Br. The molecule has 1 aromatic carbocycles. The number of amides is 1. The third kappa shape index (κ3) is 2.98. The van der Waals surface area contributed by atoms with Crippen LogP contribution < -0.4 is 10.5 Å². The van der Waals surface area contributed by atoms with Crippen LogP contribution in [0.1, 0.15) is 12.8 Å². The van der Waals surface area contributed by atoms with Crippen LogP contribution in [-0.4, -0.2) is 17.5 Å². The number of rotatable bonds is 5. The highest BCUT2D eigenvalue weighted by atomic mass is 79.9. The molecule has 0 aliphatic rings. The van der Waals surface area contributed by atoms with E-state index in [9.17, 15) is 4.79 Å². The monoisotopic (exact) mass is 308 g/mol. The van der Waals surface area contributed by atoms with Crippen LogP contribution in [-0.2, 0) is 4.79 Å². The van der Waals surface area contributed by atoms with Gasteiger partial charge in [0.25, 0.3) is 0 Å². The van der Waals surface area contributed by atoms with E-state index in [2.05, 4.69) is 20.9 Å². The third-order valence-electron chi connectivity index (χ3n) is 2.55. The van der Waals surface area contributed by atoms with Gasteiger partial charge in [0.15, 0.2) is 0 Å². The summed E-state index contributed by atoms with van der Waals surface area (Å²) in [6.07, 6.45) is 4.50. The highest BCUT2D eigenvalue weighted by molar-refractivity contribution is 9.10. The van der Waals surface area contributed by atoms with Crippen LogP contribution in [0.2, 0.25) is 0 Å². The molecular formula is C13H13BrN2O2. The molecule has 0 atom stereocenters. The van der Waals surface area contributed by atoms with Gasteiger partial charge in [-0.15, -0.1) is 0 Å². The molecule has 0 radical (unpaired) electrons. The summed E-state index contributed by atoms with van der Waals surface area (Å²) in [7, 11) is 0. The third-order valence-corrected chi connectivity index (χ3v) is 3.36. The Morgan fingerprint density at radius 3 is 3.00 bits per heavy atom. The summed E-state index contributed by atoms with van der Waals surface area (Å²) in [6.45, 7) is 0.466. The maximum absolute atomic E-state index is 10.6. The van der Waals surface area contributed by atoms with Gasteiger partial charge in [-0.2, -0.15) is 0 Å². The molecule has 2 aromatic rings. The van der Waals surface area contributed by atoms with Crippen LogP contribution in [0, 0.1) is 0 Å². The molecule has 0 saturated heterocycles. The predicted octanol–water partition coefficient (Wildman–Crippen LogP) is 2.64. The average Bonchev–Trinajstić information content (AvgIpc) is 2.37. The van der Waals surface area contributed by atoms with Crippen molar-refractivity contribution in [3.63, 3.8) is 0 Å². The molecule has 0 bridgehead atoms. The van der Waals surface area contributed by atoms with Gasteiger partial charge in [0.1, 0.15) is 5.75 Å². The molecule has 0 spiro atoms. The van der Waals surface area contributed by atoms with Crippen LogP contribution in [0.25, 0.3) is 10.8 Å². The average molecular weight is 309 g/mol. The lowest BCUT2D eigenvalue weighted by Crippen LogP contribution is -2.11. The van der Waals surface area contributed by atoms with E-state index in [4.69, 9.17) is 10.5 Å². The van der Waals surface area contributed by atoms with Gasteiger partial charge < -0.3 is 10.5 Å². The number of primary amides is 1. The van der Waals surface area contributed by atoms with Crippen molar-refractivity contribution in [1.29, 1.82) is 0 Å². The van der Waals surface area contributed by atoms with Gasteiger partial charge in [-0.25, -0.2) is 0 Å². The van der Waals surface area contributed by atoms with E-state index in [1.807, 2.05) is 18.2 Å². The predicted molar refractivity (Wildman–Crippen MR) is 73.4 cm³/mol. The summed E-state index contributed by atoms with van der Waals surface area (Å²) < 4.78 is 6.49. The van der Waals surface area contributed by atoms with Gasteiger partial charge in [0, 0.05) is 24.2 Å².